The summed E-state index contributed by atoms with van der Waals surface area (Å²) in [6.45, 7) is 1.44. The molecule has 0 radical (unpaired) electrons. The van der Waals surface area contributed by atoms with Gasteiger partial charge in [0.1, 0.15) is 5.76 Å². The van der Waals surface area contributed by atoms with E-state index in [2.05, 4.69) is 5.32 Å². The van der Waals surface area contributed by atoms with E-state index in [4.69, 9.17) is 4.42 Å². The van der Waals surface area contributed by atoms with Crippen LogP contribution in [-0.4, -0.2) is 29.4 Å². The number of nitrogens with one attached hydrogen (secondary N) is 1. The van der Waals surface area contributed by atoms with Gasteiger partial charge in [0.15, 0.2) is 0 Å². The van der Waals surface area contributed by atoms with Gasteiger partial charge in [-0.1, -0.05) is 0 Å². The zero-order valence-corrected chi connectivity index (χ0v) is 9.19. The average Bonchev–Trinajstić information content (AvgIpc) is 2.83. The molecule has 1 aromatic rings. The van der Waals surface area contributed by atoms with Crippen molar-refractivity contribution in [2.24, 2.45) is 0 Å². The quantitative estimate of drug-likeness (QED) is 0.827. The van der Waals surface area contributed by atoms with Crippen molar-refractivity contribution in [2.45, 2.75) is 37.9 Å². The molecule has 86 valence electrons. The second kappa shape index (κ2) is 3.94. The van der Waals surface area contributed by atoms with Crippen LogP contribution in [0, 0.1) is 0 Å². The Morgan fingerprint density at radius 2 is 2.31 bits per heavy atom. The van der Waals surface area contributed by atoms with Crippen LogP contribution >= 0.6 is 0 Å². The average molecular weight is 220 g/mol. The molecule has 16 heavy (non-hydrogen) atoms. The zero-order valence-electron chi connectivity index (χ0n) is 9.19. The second-order valence-electron chi connectivity index (χ2n) is 4.62. The van der Waals surface area contributed by atoms with E-state index in [1.165, 1.54) is 12.8 Å². The molecule has 1 saturated heterocycles. The molecule has 1 aliphatic carbocycles. The normalized spacial score (nSPS) is 25.4. The summed E-state index contributed by atoms with van der Waals surface area (Å²) < 4.78 is 5.26. The van der Waals surface area contributed by atoms with Crippen LogP contribution in [0.2, 0.25) is 0 Å². The lowest BCUT2D eigenvalue weighted by Crippen LogP contribution is -2.39. The van der Waals surface area contributed by atoms with Crippen molar-refractivity contribution >= 4 is 5.91 Å². The predicted octanol–water partition coefficient (Wildman–Crippen LogP) is 1.13. The van der Waals surface area contributed by atoms with E-state index in [0.29, 0.717) is 12.6 Å². The van der Waals surface area contributed by atoms with Crippen molar-refractivity contribution in [3.8, 4) is 0 Å². The van der Waals surface area contributed by atoms with Gasteiger partial charge in [-0.15, -0.1) is 0 Å². The number of hydrogen-bond donors (Lipinski definition) is 1. The lowest BCUT2D eigenvalue weighted by molar-refractivity contribution is -0.130. The molecule has 1 saturated carbocycles. The van der Waals surface area contributed by atoms with E-state index in [0.717, 1.165) is 18.7 Å². The molecule has 2 heterocycles. The van der Waals surface area contributed by atoms with Gasteiger partial charge in [-0.25, -0.2) is 0 Å². The molecule has 1 aliphatic heterocycles. The summed E-state index contributed by atoms with van der Waals surface area (Å²) in [7, 11) is 0. The number of furan rings is 1. The summed E-state index contributed by atoms with van der Waals surface area (Å²) in [6, 6.07) is 4.41. The third-order valence-corrected chi connectivity index (χ3v) is 3.24. The van der Waals surface area contributed by atoms with Crippen LogP contribution < -0.4 is 5.32 Å². The maximum absolute atomic E-state index is 12.0. The van der Waals surface area contributed by atoms with Crippen LogP contribution in [0.4, 0.5) is 0 Å². The van der Waals surface area contributed by atoms with Crippen LogP contribution in [0.15, 0.2) is 22.8 Å². The molecule has 1 unspecified atom stereocenters. The van der Waals surface area contributed by atoms with E-state index < -0.39 is 0 Å². The van der Waals surface area contributed by atoms with Crippen molar-refractivity contribution in [3.63, 3.8) is 0 Å². The molecule has 1 N–H and O–H groups in total. The minimum atomic E-state index is 0.0439. The van der Waals surface area contributed by atoms with Crippen molar-refractivity contribution in [2.75, 3.05) is 6.54 Å². The maximum Gasteiger partial charge on any atom is 0.240 e. The number of rotatable bonds is 4. The SMILES string of the molecule is O=C1C(NC2CC2)CCN1Cc1ccco1. The Labute approximate surface area is 94.6 Å². The molecular formula is C12H16N2O2. The predicted molar refractivity (Wildman–Crippen MR) is 58.7 cm³/mol. The molecule has 0 spiro atoms. The van der Waals surface area contributed by atoms with Crippen molar-refractivity contribution in [1.29, 1.82) is 0 Å². The first kappa shape index (κ1) is 9.90. The highest BCUT2D eigenvalue weighted by atomic mass is 16.3. The molecule has 2 aliphatic rings. The van der Waals surface area contributed by atoms with E-state index in [-0.39, 0.29) is 11.9 Å². The highest BCUT2D eigenvalue weighted by Crippen LogP contribution is 2.23. The monoisotopic (exact) mass is 220 g/mol. The zero-order chi connectivity index (χ0) is 11.0. The maximum atomic E-state index is 12.0. The van der Waals surface area contributed by atoms with Crippen LogP contribution in [0.5, 0.6) is 0 Å². The van der Waals surface area contributed by atoms with Gasteiger partial charge in [0, 0.05) is 12.6 Å². The minimum absolute atomic E-state index is 0.0439. The molecular weight excluding hydrogens is 204 g/mol. The van der Waals surface area contributed by atoms with Crippen LogP contribution in [0.25, 0.3) is 0 Å². The molecule has 1 aromatic heterocycles. The first-order valence-electron chi connectivity index (χ1n) is 5.90. The second-order valence-corrected chi connectivity index (χ2v) is 4.62. The fourth-order valence-corrected chi connectivity index (χ4v) is 2.18. The molecule has 1 amide bonds. The molecule has 0 bridgehead atoms. The Balaban J connectivity index is 1.58. The molecule has 0 aromatic carbocycles. The fourth-order valence-electron chi connectivity index (χ4n) is 2.18. The van der Waals surface area contributed by atoms with Gasteiger partial charge in [-0.3, -0.25) is 4.79 Å². The molecule has 4 heteroatoms. The lowest BCUT2D eigenvalue weighted by Gasteiger charge is -2.15. The Morgan fingerprint density at radius 1 is 1.44 bits per heavy atom. The molecule has 4 nitrogen and oxygen atoms in total. The summed E-state index contributed by atoms with van der Waals surface area (Å²) in [6.07, 6.45) is 5.02. The van der Waals surface area contributed by atoms with Crippen LogP contribution in [0.1, 0.15) is 25.0 Å². The number of amides is 1. The fraction of sp³-hybridized carbons (Fsp3) is 0.583. The first-order valence-corrected chi connectivity index (χ1v) is 5.90. The smallest absolute Gasteiger partial charge is 0.240 e. The highest BCUT2D eigenvalue weighted by Gasteiger charge is 2.35. The number of hydrogen-bond acceptors (Lipinski definition) is 3. The van der Waals surface area contributed by atoms with Gasteiger partial charge in [0.2, 0.25) is 5.91 Å². The third-order valence-electron chi connectivity index (χ3n) is 3.24. The Morgan fingerprint density at radius 3 is 3.00 bits per heavy atom. The summed E-state index contributed by atoms with van der Waals surface area (Å²) in [5.74, 6) is 1.09. The first-order chi connectivity index (χ1) is 7.83. The van der Waals surface area contributed by atoms with Gasteiger partial charge < -0.3 is 14.6 Å². The van der Waals surface area contributed by atoms with Crippen molar-refractivity contribution < 1.29 is 9.21 Å². The number of carbonyl (C=O) groups excluding carboxylic acids is 1. The van der Waals surface area contributed by atoms with Gasteiger partial charge in [-0.2, -0.15) is 0 Å². The minimum Gasteiger partial charge on any atom is -0.467 e. The summed E-state index contributed by atoms with van der Waals surface area (Å²) in [5, 5.41) is 3.39. The van der Waals surface area contributed by atoms with Crippen LogP contribution in [-0.2, 0) is 11.3 Å². The third kappa shape index (κ3) is 1.97. The van der Waals surface area contributed by atoms with Gasteiger partial charge >= 0.3 is 0 Å². The molecule has 1 atom stereocenters. The van der Waals surface area contributed by atoms with E-state index >= 15 is 0 Å². The molecule has 2 fully saturated rings. The summed E-state index contributed by atoms with van der Waals surface area (Å²) in [5.41, 5.74) is 0. The summed E-state index contributed by atoms with van der Waals surface area (Å²) in [4.78, 5) is 13.9. The summed E-state index contributed by atoms with van der Waals surface area (Å²) >= 11 is 0. The van der Waals surface area contributed by atoms with Crippen molar-refractivity contribution in [3.05, 3.63) is 24.2 Å². The van der Waals surface area contributed by atoms with E-state index in [1.54, 1.807) is 6.26 Å². The Kier molecular flexibility index (Phi) is 2.44. The Bertz CT molecular complexity index is 370. The van der Waals surface area contributed by atoms with Crippen molar-refractivity contribution in [1.82, 2.24) is 10.2 Å². The topological polar surface area (TPSA) is 45.5 Å². The Hall–Kier alpha value is -1.29. The largest absolute Gasteiger partial charge is 0.467 e. The highest BCUT2D eigenvalue weighted by molar-refractivity contribution is 5.84. The van der Waals surface area contributed by atoms with Gasteiger partial charge in [0.05, 0.1) is 18.8 Å². The number of nitrogens with zero attached hydrogens (tertiary/aromatic N) is 1. The van der Waals surface area contributed by atoms with Gasteiger partial charge in [0.25, 0.3) is 0 Å². The van der Waals surface area contributed by atoms with E-state index in [1.807, 2.05) is 17.0 Å². The van der Waals surface area contributed by atoms with Gasteiger partial charge in [-0.05, 0) is 31.4 Å². The lowest BCUT2D eigenvalue weighted by atomic mass is 10.2. The van der Waals surface area contributed by atoms with Crippen LogP contribution in [0.3, 0.4) is 0 Å². The molecule has 3 rings (SSSR count). The number of likely N-dealkylation sites (tertiary alicyclic amines) is 1. The number of carbonyl (C=O) groups is 1. The standard InChI is InChI=1S/C12H16N2O2/c15-12-11(13-9-3-4-9)5-6-14(12)8-10-2-1-7-16-10/h1-2,7,9,11,13H,3-6,8H2. The van der Waals surface area contributed by atoms with E-state index in [9.17, 15) is 4.79 Å².